The number of hydrogen-bond acceptors (Lipinski definition) is 3. The van der Waals surface area contributed by atoms with Crippen LogP contribution in [0.5, 0.6) is 0 Å². The number of amides is 1. The molecule has 0 aromatic rings. The first-order chi connectivity index (χ1) is 8.38. The summed E-state index contributed by atoms with van der Waals surface area (Å²) in [6.07, 6.45) is 2.02. The van der Waals surface area contributed by atoms with E-state index in [4.69, 9.17) is 5.11 Å². The fourth-order valence-electron chi connectivity index (χ4n) is 1.53. The molecule has 0 aliphatic carbocycles. The molecule has 0 aliphatic heterocycles. The summed E-state index contributed by atoms with van der Waals surface area (Å²) in [5.41, 5.74) is 0. The van der Waals surface area contributed by atoms with Gasteiger partial charge in [0.1, 0.15) is 0 Å². The Kier molecular flexibility index (Phi) is 8.37. The van der Waals surface area contributed by atoms with Gasteiger partial charge < -0.3 is 10.4 Å². The van der Waals surface area contributed by atoms with Crippen LogP contribution in [-0.2, 0) is 9.59 Å². The highest BCUT2D eigenvalue weighted by atomic mass is 16.4. The molecule has 1 amide bonds. The summed E-state index contributed by atoms with van der Waals surface area (Å²) in [5.74, 6) is -1.32. The first-order valence-corrected chi connectivity index (χ1v) is 6.62. The molecule has 0 aliphatic rings. The van der Waals surface area contributed by atoms with Gasteiger partial charge in [0.25, 0.3) is 0 Å². The number of carboxylic acid groups (broad SMARTS) is 1. The van der Waals surface area contributed by atoms with Gasteiger partial charge in [-0.05, 0) is 20.3 Å². The smallest absolute Gasteiger partial charge is 0.307 e. The van der Waals surface area contributed by atoms with Crippen molar-refractivity contribution < 1.29 is 14.7 Å². The van der Waals surface area contributed by atoms with Crippen molar-refractivity contribution in [1.82, 2.24) is 10.2 Å². The molecule has 0 aromatic heterocycles. The predicted molar refractivity (Wildman–Crippen MR) is 71.4 cm³/mol. The van der Waals surface area contributed by atoms with E-state index in [0.29, 0.717) is 13.1 Å². The minimum absolute atomic E-state index is 0.0326. The van der Waals surface area contributed by atoms with Crippen molar-refractivity contribution in [2.24, 2.45) is 5.92 Å². The first-order valence-electron chi connectivity index (χ1n) is 6.62. The lowest BCUT2D eigenvalue weighted by Crippen LogP contribution is -2.44. The van der Waals surface area contributed by atoms with E-state index in [2.05, 4.69) is 12.2 Å². The Morgan fingerprint density at radius 3 is 2.33 bits per heavy atom. The molecular formula is C13H26N2O3. The topological polar surface area (TPSA) is 69.6 Å². The van der Waals surface area contributed by atoms with Gasteiger partial charge in [-0.2, -0.15) is 0 Å². The number of carbonyl (C=O) groups excluding carboxylic acids is 1. The van der Waals surface area contributed by atoms with Crippen LogP contribution in [0, 0.1) is 5.92 Å². The van der Waals surface area contributed by atoms with Crippen LogP contribution in [0.1, 0.15) is 40.5 Å². The van der Waals surface area contributed by atoms with Crippen LogP contribution in [0.2, 0.25) is 0 Å². The highest BCUT2D eigenvalue weighted by molar-refractivity contribution is 5.78. The number of nitrogens with zero attached hydrogens (tertiary/aromatic N) is 1. The van der Waals surface area contributed by atoms with Gasteiger partial charge in [-0.15, -0.1) is 0 Å². The van der Waals surface area contributed by atoms with Crippen molar-refractivity contribution in [3.8, 4) is 0 Å². The molecule has 0 saturated carbocycles. The number of hydrogen-bond donors (Lipinski definition) is 2. The van der Waals surface area contributed by atoms with Crippen molar-refractivity contribution >= 4 is 11.9 Å². The monoisotopic (exact) mass is 258 g/mol. The van der Waals surface area contributed by atoms with Crippen molar-refractivity contribution in [1.29, 1.82) is 0 Å². The van der Waals surface area contributed by atoms with Gasteiger partial charge in [0, 0.05) is 19.1 Å². The van der Waals surface area contributed by atoms with E-state index in [1.54, 1.807) is 6.92 Å². The summed E-state index contributed by atoms with van der Waals surface area (Å²) in [7, 11) is 0. The standard InChI is InChI=1S/C13H26N2O3/c1-5-6-7-14-12(16)9-15(10(2)3)8-11(4)13(17)18/h10-11H,5-9H2,1-4H3,(H,14,16)(H,17,18). The first kappa shape index (κ1) is 16.9. The van der Waals surface area contributed by atoms with Crippen LogP contribution >= 0.6 is 0 Å². The lowest BCUT2D eigenvalue weighted by atomic mass is 10.1. The van der Waals surface area contributed by atoms with Gasteiger partial charge in [0.15, 0.2) is 0 Å². The molecule has 0 heterocycles. The van der Waals surface area contributed by atoms with Gasteiger partial charge in [-0.1, -0.05) is 20.3 Å². The summed E-state index contributed by atoms with van der Waals surface area (Å²) < 4.78 is 0. The van der Waals surface area contributed by atoms with Crippen molar-refractivity contribution in [3.63, 3.8) is 0 Å². The molecule has 2 N–H and O–H groups in total. The van der Waals surface area contributed by atoms with E-state index in [-0.39, 0.29) is 18.5 Å². The largest absolute Gasteiger partial charge is 0.481 e. The molecule has 5 nitrogen and oxygen atoms in total. The Balaban J connectivity index is 4.18. The molecule has 0 aromatic carbocycles. The Labute approximate surface area is 110 Å². The van der Waals surface area contributed by atoms with E-state index in [9.17, 15) is 9.59 Å². The third-order valence-corrected chi connectivity index (χ3v) is 2.86. The van der Waals surface area contributed by atoms with E-state index in [1.165, 1.54) is 0 Å². The molecule has 0 spiro atoms. The molecule has 1 atom stereocenters. The second-order valence-electron chi connectivity index (χ2n) is 4.97. The molecule has 0 saturated heterocycles. The molecular weight excluding hydrogens is 232 g/mol. The van der Waals surface area contributed by atoms with Gasteiger partial charge >= 0.3 is 5.97 Å². The third-order valence-electron chi connectivity index (χ3n) is 2.86. The zero-order chi connectivity index (χ0) is 14.1. The summed E-state index contributed by atoms with van der Waals surface area (Å²) in [4.78, 5) is 24.4. The van der Waals surface area contributed by atoms with E-state index >= 15 is 0 Å². The number of carbonyl (C=O) groups is 2. The Hall–Kier alpha value is -1.10. The maximum absolute atomic E-state index is 11.7. The molecule has 5 heteroatoms. The zero-order valence-electron chi connectivity index (χ0n) is 11.9. The fourth-order valence-corrected chi connectivity index (χ4v) is 1.53. The summed E-state index contributed by atoms with van der Waals surface area (Å²) >= 11 is 0. The van der Waals surface area contributed by atoms with Gasteiger partial charge in [-0.3, -0.25) is 14.5 Å². The average Bonchev–Trinajstić information content (AvgIpc) is 2.28. The van der Waals surface area contributed by atoms with Crippen LogP contribution in [-0.4, -0.2) is 47.6 Å². The van der Waals surface area contributed by atoms with Crippen molar-refractivity contribution in [2.75, 3.05) is 19.6 Å². The number of nitrogens with one attached hydrogen (secondary N) is 1. The molecule has 0 radical (unpaired) electrons. The van der Waals surface area contributed by atoms with Crippen LogP contribution in [0.25, 0.3) is 0 Å². The number of carboxylic acids is 1. The Morgan fingerprint density at radius 2 is 1.89 bits per heavy atom. The fraction of sp³-hybridized carbons (Fsp3) is 0.846. The molecule has 1 unspecified atom stereocenters. The molecule has 0 fully saturated rings. The second-order valence-corrected chi connectivity index (χ2v) is 4.97. The second kappa shape index (κ2) is 8.91. The van der Waals surface area contributed by atoms with Crippen molar-refractivity contribution in [2.45, 2.75) is 46.6 Å². The summed E-state index contributed by atoms with van der Waals surface area (Å²) in [6, 6.07) is 0.156. The molecule has 18 heavy (non-hydrogen) atoms. The summed E-state index contributed by atoms with van der Waals surface area (Å²) in [5, 5.41) is 11.7. The lowest BCUT2D eigenvalue weighted by Gasteiger charge is -2.27. The normalized spacial score (nSPS) is 12.8. The Morgan fingerprint density at radius 1 is 1.28 bits per heavy atom. The highest BCUT2D eigenvalue weighted by Crippen LogP contribution is 2.04. The van der Waals surface area contributed by atoms with Crippen molar-refractivity contribution in [3.05, 3.63) is 0 Å². The maximum Gasteiger partial charge on any atom is 0.307 e. The van der Waals surface area contributed by atoms with E-state index < -0.39 is 11.9 Å². The van der Waals surface area contributed by atoms with Crippen LogP contribution in [0.3, 0.4) is 0 Å². The minimum atomic E-state index is -0.827. The maximum atomic E-state index is 11.7. The van der Waals surface area contributed by atoms with E-state index in [1.807, 2.05) is 18.7 Å². The molecule has 0 bridgehead atoms. The number of aliphatic carboxylic acids is 1. The molecule has 0 rings (SSSR count). The minimum Gasteiger partial charge on any atom is -0.481 e. The number of rotatable bonds is 9. The quantitative estimate of drug-likeness (QED) is 0.612. The third kappa shape index (κ3) is 7.27. The zero-order valence-corrected chi connectivity index (χ0v) is 11.9. The number of unbranched alkanes of at least 4 members (excludes halogenated alkanes) is 1. The predicted octanol–water partition coefficient (Wildman–Crippen LogP) is 1.33. The van der Waals surface area contributed by atoms with Crippen LogP contribution in [0.4, 0.5) is 0 Å². The van der Waals surface area contributed by atoms with Crippen LogP contribution < -0.4 is 5.32 Å². The average molecular weight is 258 g/mol. The van der Waals surface area contributed by atoms with Gasteiger partial charge in [-0.25, -0.2) is 0 Å². The van der Waals surface area contributed by atoms with E-state index in [0.717, 1.165) is 12.8 Å². The highest BCUT2D eigenvalue weighted by Gasteiger charge is 2.20. The SMILES string of the molecule is CCCCNC(=O)CN(CC(C)C(=O)O)C(C)C. The molecule has 106 valence electrons. The summed E-state index contributed by atoms with van der Waals surface area (Å²) in [6.45, 7) is 9.01. The van der Waals surface area contributed by atoms with Gasteiger partial charge in [0.2, 0.25) is 5.91 Å². The lowest BCUT2D eigenvalue weighted by molar-refractivity contribution is -0.142. The van der Waals surface area contributed by atoms with Gasteiger partial charge in [0.05, 0.1) is 12.5 Å². The van der Waals surface area contributed by atoms with Crippen LogP contribution in [0.15, 0.2) is 0 Å². The Bertz CT molecular complexity index is 267.